The van der Waals surface area contributed by atoms with Crippen LogP contribution in [0.25, 0.3) is 0 Å². The lowest BCUT2D eigenvalue weighted by Crippen LogP contribution is -1.81. The number of H-pyrrole nitrogens is 1. The molecule has 0 aliphatic heterocycles. The molecule has 0 radical (unpaired) electrons. The van der Waals surface area contributed by atoms with E-state index in [1.54, 1.807) is 0 Å². The highest BCUT2D eigenvalue weighted by Crippen LogP contribution is 2.15. The van der Waals surface area contributed by atoms with E-state index in [1.807, 2.05) is 0 Å². The Morgan fingerprint density at radius 3 is 3.25 bits per heavy atom. The van der Waals surface area contributed by atoms with Gasteiger partial charge in [-0.3, -0.25) is 0 Å². The molecule has 8 heavy (non-hydrogen) atoms. The van der Waals surface area contributed by atoms with Crippen LogP contribution in [0, 0.1) is 0 Å². The summed E-state index contributed by atoms with van der Waals surface area (Å²) >= 11 is 2.94. The van der Waals surface area contributed by atoms with Crippen molar-refractivity contribution in [2.75, 3.05) is 7.04 Å². The van der Waals surface area contributed by atoms with E-state index in [0.29, 0.717) is 0 Å². The summed E-state index contributed by atoms with van der Waals surface area (Å²) in [6.45, 7) is 0. The van der Waals surface area contributed by atoms with E-state index in [9.17, 15) is 0 Å². The minimum Gasteiger partial charge on any atom is -0.478 e. The molecule has 0 unspecified atom stereocenters. The molecular weight excluding hydrogens is 174 g/mol. The van der Waals surface area contributed by atoms with E-state index in [2.05, 4.69) is 36.1 Å². The summed E-state index contributed by atoms with van der Waals surface area (Å²) in [5.41, 5.74) is 0. The fraction of sp³-hybridized carbons (Fsp3) is 0.333. The van der Waals surface area contributed by atoms with Crippen LogP contribution in [0.4, 0.5) is 0 Å². The number of hydrogen-bond acceptors (Lipinski definition) is 3. The smallest absolute Gasteiger partial charge is 0.267 e. The molecule has 0 atom stereocenters. The third kappa shape index (κ3) is 0.812. The molecular formula is C3H4BrN3O. The monoisotopic (exact) mass is 180 g/mol. The van der Waals surface area contributed by atoms with E-state index < -0.39 is 7.04 Å². The summed E-state index contributed by atoms with van der Waals surface area (Å²) in [6, 6.07) is 0. The van der Waals surface area contributed by atoms with Crippen LogP contribution in [0.15, 0.2) is 4.60 Å². The van der Waals surface area contributed by atoms with Crippen molar-refractivity contribution in [3.8, 4) is 5.88 Å². The van der Waals surface area contributed by atoms with Gasteiger partial charge in [0.1, 0.15) is 0 Å². The third-order valence-corrected chi connectivity index (χ3v) is 1.09. The lowest BCUT2D eigenvalue weighted by molar-refractivity contribution is 0.394. The molecule has 1 N–H and O–H groups in total. The zero-order valence-electron chi connectivity index (χ0n) is 6.68. The highest BCUT2D eigenvalue weighted by Gasteiger charge is 2.00. The summed E-state index contributed by atoms with van der Waals surface area (Å²) in [7, 11) is -2.49. The number of aromatic nitrogens is 3. The van der Waals surface area contributed by atoms with Gasteiger partial charge in [-0.05, 0) is 15.9 Å². The second-order valence-corrected chi connectivity index (χ2v) is 1.77. The minimum absolute atomic E-state index is 0.0648. The van der Waals surface area contributed by atoms with E-state index in [1.165, 1.54) is 0 Å². The molecule has 1 aromatic rings. The molecule has 5 heteroatoms. The van der Waals surface area contributed by atoms with Gasteiger partial charge in [0.05, 0.1) is 11.2 Å². The second-order valence-electron chi connectivity index (χ2n) is 1.02. The highest BCUT2D eigenvalue weighted by atomic mass is 79.9. The van der Waals surface area contributed by atoms with Gasteiger partial charge in [-0.15, -0.1) is 10.2 Å². The summed E-state index contributed by atoms with van der Waals surface area (Å²) in [4.78, 5) is 0. The summed E-state index contributed by atoms with van der Waals surface area (Å²) < 4.78 is 24.8. The number of nitrogens with zero attached hydrogens (tertiary/aromatic N) is 2. The van der Waals surface area contributed by atoms with Crippen molar-refractivity contribution >= 4 is 15.9 Å². The Kier molecular flexibility index (Phi) is 0.748. The number of hydrogen-bond donors (Lipinski definition) is 1. The van der Waals surface area contributed by atoms with E-state index in [0.717, 1.165) is 0 Å². The Morgan fingerprint density at radius 2 is 2.75 bits per heavy atom. The first-order valence-corrected chi connectivity index (χ1v) is 2.53. The number of rotatable bonds is 1. The molecule has 0 aliphatic carbocycles. The van der Waals surface area contributed by atoms with Crippen LogP contribution in [0.2, 0.25) is 0 Å². The molecule has 0 spiro atoms. The van der Waals surface area contributed by atoms with Crippen LogP contribution in [-0.2, 0) is 0 Å². The highest BCUT2D eigenvalue weighted by molar-refractivity contribution is 9.10. The molecule has 0 fully saturated rings. The van der Waals surface area contributed by atoms with E-state index >= 15 is 0 Å². The molecule has 4 nitrogen and oxygen atoms in total. The summed E-state index contributed by atoms with van der Waals surface area (Å²) in [5, 5.41) is 9.14. The van der Waals surface area contributed by atoms with Crippen molar-refractivity contribution in [1.29, 1.82) is 0 Å². The fourth-order valence-electron chi connectivity index (χ4n) is 0.273. The first-order valence-electron chi connectivity index (χ1n) is 3.24. The zero-order valence-corrected chi connectivity index (χ0v) is 5.27. The third-order valence-electron chi connectivity index (χ3n) is 0.573. The summed E-state index contributed by atoms with van der Waals surface area (Å²) in [6.07, 6.45) is 0. The van der Waals surface area contributed by atoms with Gasteiger partial charge in [0.2, 0.25) is 0 Å². The van der Waals surface area contributed by atoms with Gasteiger partial charge in [-0.25, -0.2) is 0 Å². The molecule has 1 heterocycles. The number of ether oxygens (including phenoxy) is 1. The number of nitrogens with one attached hydrogen (secondary N) is 1. The van der Waals surface area contributed by atoms with Crippen molar-refractivity contribution in [1.82, 2.24) is 15.4 Å². The van der Waals surface area contributed by atoms with Crippen LogP contribution in [0.1, 0.15) is 4.11 Å². The van der Waals surface area contributed by atoms with E-state index in [4.69, 9.17) is 4.11 Å². The quantitative estimate of drug-likeness (QED) is 0.689. The Bertz CT molecular complexity index is 246. The van der Waals surface area contributed by atoms with Gasteiger partial charge in [0.25, 0.3) is 5.88 Å². The number of aromatic amines is 1. The first-order chi connectivity index (χ1) is 4.99. The van der Waals surface area contributed by atoms with Crippen LogP contribution < -0.4 is 4.74 Å². The Labute approximate surface area is 58.6 Å². The fourth-order valence-corrected chi connectivity index (χ4v) is 0.522. The van der Waals surface area contributed by atoms with Crippen molar-refractivity contribution < 1.29 is 8.85 Å². The van der Waals surface area contributed by atoms with Gasteiger partial charge in [-0.2, -0.15) is 5.21 Å². The Balaban J connectivity index is 2.72. The maximum Gasteiger partial charge on any atom is 0.267 e. The number of methoxy groups -OCH3 is 1. The maximum absolute atomic E-state index is 6.71. The van der Waals surface area contributed by atoms with Crippen LogP contribution in [-0.4, -0.2) is 22.4 Å². The molecule has 1 aromatic heterocycles. The van der Waals surface area contributed by atoms with Gasteiger partial charge in [-0.1, -0.05) is 0 Å². The summed E-state index contributed by atoms with van der Waals surface area (Å²) in [5.74, 6) is -0.0648. The second kappa shape index (κ2) is 2.13. The van der Waals surface area contributed by atoms with Crippen LogP contribution in [0.3, 0.4) is 0 Å². The lowest BCUT2D eigenvalue weighted by Gasteiger charge is -1.86. The molecule has 0 saturated heterocycles. The standard InChI is InChI=1S/C3H4BrN3O/c1-8-3-2(4)5-7-6-3/h1H3,(H,5,6,7)/i1D3. The van der Waals surface area contributed by atoms with Crippen molar-refractivity contribution in [2.45, 2.75) is 0 Å². The lowest BCUT2D eigenvalue weighted by atomic mass is 10.9. The van der Waals surface area contributed by atoms with Crippen molar-refractivity contribution in [3.63, 3.8) is 0 Å². The predicted molar refractivity (Wildman–Crippen MR) is 30.6 cm³/mol. The van der Waals surface area contributed by atoms with Gasteiger partial charge >= 0.3 is 0 Å². The SMILES string of the molecule is [2H]C([2H])([2H])Oc1n[nH]nc1Br. The molecule has 0 amide bonds. The Morgan fingerprint density at radius 1 is 1.88 bits per heavy atom. The predicted octanol–water partition coefficient (Wildman–Crippen LogP) is 0.576. The van der Waals surface area contributed by atoms with Gasteiger partial charge in [0.15, 0.2) is 4.60 Å². The topological polar surface area (TPSA) is 50.8 Å². The first kappa shape index (κ1) is 2.82. The zero-order chi connectivity index (χ0) is 8.48. The molecule has 44 valence electrons. The van der Waals surface area contributed by atoms with Crippen molar-refractivity contribution in [2.24, 2.45) is 0 Å². The minimum atomic E-state index is -2.49. The average Bonchev–Trinajstić information content (AvgIpc) is 2.12. The van der Waals surface area contributed by atoms with Crippen LogP contribution >= 0.6 is 15.9 Å². The van der Waals surface area contributed by atoms with Crippen molar-refractivity contribution in [3.05, 3.63) is 4.60 Å². The van der Waals surface area contributed by atoms with E-state index in [-0.39, 0.29) is 10.5 Å². The average molecular weight is 181 g/mol. The molecule has 0 aliphatic rings. The molecule has 0 bridgehead atoms. The molecule has 0 aromatic carbocycles. The largest absolute Gasteiger partial charge is 0.478 e. The Hall–Kier alpha value is -0.580. The maximum atomic E-state index is 6.71. The molecule has 1 rings (SSSR count). The normalized spacial score (nSPS) is 16.4. The molecule has 0 saturated carbocycles. The van der Waals surface area contributed by atoms with Gasteiger partial charge in [0, 0.05) is 0 Å². The van der Waals surface area contributed by atoms with Crippen LogP contribution in [0.5, 0.6) is 5.88 Å². The number of halogens is 1. The van der Waals surface area contributed by atoms with Gasteiger partial charge < -0.3 is 4.74 Å².